The van der Waals surface area contributed by atoms with Crippen molar-refractivity contribution < 1.29 is 27.8 Å². The maximum Gasteiger partial charge on any atom is 0.417 e. The topological polar surface area (TPSA) is 54.7 Å². The van der Waals surface area contributed by atoms with E-state index in [-0.39, 0.29) is 42.5 Å². The van der Waals surface area contributed by atoms with Crippen LogP contribution >= 0.6 is 24.0 Å². The zero-order valence-corrected chi connectivity index (χ0v) is 26.7. The van der Waals surface area contributed by atoms with Crippen molar-refractivity contribution in [2.24, 2.45) is 0 Å². The quantitative estimate of drug-likeness (QED) is 0.136. The molecule has 5 aromatic rings. The number of hydrogen-bond acceptors (Lipinski definition) is 3. The number of ether oxygens (including phenoxy) is 1. The van der Waals surface area contributed by atoms with Crippen LogP contribution in [0.1, 0.15) is 41.5 Å². The first kappa shape index (κ1) is 34.9. The Morgan fingerprint density at radius 3 is 2.15 bits per heavy atom. The number of nitrogens with zero attached hydrogens (tertiary/aromatic N) is 2. The molecule has 0 saturated heterocycles. The fraction of sp³-hybridized carbons (Fsp3) is 0.250. The SMILES string of the molecule is C[C@H](CCOc1cccc2c1ccn2CC(=O)O)N(Cc1cccc(C(F)(F)F)c1Cl)CC(c1ccccc1)c1ccccc1.Cl. The summed E-state index contributed by atoms with van der Waals surface area (Å²) in [4.78, 5) is 13.4. The van der Waals surface area contributed by atoms with E-state index < -0.39 is 17.7 Å². The number of carbonyl (C=O) groups is 1. The molecule has 5 nitrogen and oxygen atoms in total. The van der Waals surface area contributed by atoms with Crippen LogP contribution in [0, 0.1) is 0 Å². The normalized spacial score (nSPS) is 12.3. The molecule has 0 fully saturated rings. The molecule has 0 aliphatic rings. The van der Waals surface area contributed by atoms with Crippen LogP contribution in [-0.2, 0) is 24.1 Å². The summed E-state index contributed by atoms with van der Waals surface area (Å²) in [6.45, 7) is 2.99. The van der Waals surface area contributed by atoms with Crippen LogP contribution in [-0.4, -0.2) is 39.7 Å². The molecular formula is C36H35Cl2F3N2O3. The number of halogens is 5. The smallest absolute Gasteiger partial charge is 0.417 e. The maximum atomic E-state index is 13.7. The van der Waals surface area contributed by atoms with E-state index in [4.69, 9.17) is 16.3 Å². The van der Waals surface area contributed by atoms with Crippen molar-refractivity contribution in [3.63, 3.8) is 0 Å². The van der Waals surface area contributed by atoms with E-state index in [1.165, 1.54) is 6.07 Å². The summed E-state index contributed by atoms with van der Waals surface area (Å²) in [5.74, 6) is -0.330. The Hall–Kier alpha value is -3.98. The van der Waals surface area contributed by atoms with Gasteiger partial charge in [0, 0.05) is 36.6 Å². The first-order valence-corrected chi connectivity index (χ1v) is 15.1. The van der Waals surface area contributed by atoms with Gasteiger partial charge in [-0.15, -0.1) is 12.4 Å². The third-order valence-corrected chi connectivity index (χ3v) is 8.52. The molecule has 1 atom stereocenters. The standard InChI is InChI=1S/C36H34ClF3N2O3.ClH/c1-25(19-21-45-33-17-9-16-32-29(33)18-20-41(32)24-34(43)44)42(22-28-14-8-15-31(35(28)37)36(38,39)40)23-30(26-10-4-2-5-11-26)27-12-6-3-7-13-27;/h2-18,20,25,30H,19,21-24H2,1H3,(H,43,44);1H/t25-;/m1./s1. The van der Waals surface area contributed by atoms with Gasteiger partial charge in [0.2, 0.25) is 0 Å². The number of hydrogen-bond donors (Lipinski definition) is 1. The molecule has 5 rings (SSSR count). The molecule has 10 heteroatoms. The molecule has 4 aromatic carbocycles. The van der Waals surface area contributed by atoms with Crippen LogP contribution in [0.15, 0.2) is 109 Å². The second-order valence-corrected chi connectivity index (χ2v) is 11.5. The zero-order valence-electron chi connectivity index (χ0n) is 25.2. The van der Waals surface area contributed by atoms with Crippen LogP contribution in [0.5, 0.6) is 5.75 Å². The van der Waals surface area contributed by atoms with E-state index in [0.717, 1.165) is 28.1 Å². The number of aliphatic carboxylic acids is 1. The van der Waals surface area contributed by atoms with Crippen LogP contribution in [0.3, 0.4) is 0 Å². The third kappa shape index (κ3) is 8.43. The van der Waals surface area contributed by atoms with Gasteiger partial charge in [-0.1, -0.05) is 90.5 Å². The van der Waals surface area contributed by atoms with Gasteiger partial charge in [-0.25, -0.2) is 0 Å². The Kier molecular flexibility index (Phi) is 11.8. The third-order valence-electron chi connectivity index (χ3n) is 8.07. The summed E-state index contributed by atoms with van der Waals surface area (Å²) in [7, 11) is 0. The van der Waals surface area contributed by atoms with Crippen LogP contribution < -0.4 is 4.74 Å². The van der Waals surface area contributed by atoms with Gasteiger partial charge in [-0.3, -0.25) is 9.69 Å². The highest BCUT2D eigenvalue weighted by molar-refractivity contribution is 6.32. The number of benzene rings is 4. The highest BCUT2D eigenvalue weighted by Gasteiger charge is 2.34. The average molecular weight is 672 g/mol. The molecule has 0 saturated carbocycles. The molecule has 0 unspecified atom stereocenters. The van der Waals surface area contributed by atoms with Crippen molar-refractivity contribution in [1.82, 2.24) is 9.47 Å². The van der Waals surface area contributed by atoms with Gasteiger partial charge < -0.3 is 14.4 Å². The van der Waals surface area contributed by atoms with E-state index in [1.54, 1.807) is 16.8 Å². The molecule has 1 heterocycles. The minimum atomic E-state index is -4.56. The van der Waals surface area contributed by atoms with Crippen LogP contribution in [0.2, 0.25) is 5.02 Å². The van der Waals surface area contributed by atoms with Crippen molar-refractivity contribution >= 4 is 40.9 Å². The Balaban J connectivity index is 0.00000480. The lowest BCUT2D eigenvalue weighted by Crippen LogP contribution is -2.37. The Bertz CT molecular complexity index is 1690. The molecule has 0 amide bonds. The first-order valence-electron chi connectivity index (χ1n) is 14.7. The first-order chi connectivity index (χ1) is 21.6. The number of carboxylic acid groups (broad SMARTS) is 1. The summed E-state index contributed by atoms with van der Waals surface area (Å²) in [6, 6.07) is 31.5. The largest absolute Gasteiger partial charge is 0.493 e. The summed E-state index contributed by atoms with van der Waals surface area (Å²) in [5.41, 5.74) is 2.53. The van der Waals surface area contributed by atoms with Gasteiger partial charge in [0.05, 0.1) is 22.7 Å². The van der Waals surface area contributed by atoms with E-state index in [0.29, 0.717) is 30.9 Å². The second kappa shape index (κ2) is 15.5. The summed E-state index contributed by atoms with van der Waals surface area (Å²) in [5, 5.41) is 9.76. The molecule has 0 bridgehead atoms. The Morgan fingerprint density at radius 1 is 0.913 bits per heavy atom. The predicted octanol–water partition coefficient (Wildman–Crippen LogP) is 9.31. The lowest BCUT2D eigenvalue weighted by atomic mass is 9.90. The molecule has 46 heavy (non-hydrogen) atoms. The molecule has 242 valence electrons. The van der Waals surface area contributed by atoms with E-state index in [2.05, 4.69) is 29.2 Å². The molecular weight excluding hydrogens is 636 g/mol. The van der Waals surface area contributed by atoms with E-state index in [9.17, 15) is 23.1 Å². The van der Waals surface area contributed by atoms with Crippen LogP contribution in [0.25, 0.3) is 10.9 Å². The van der Waals surface area contributed by atoms with Gasteiger partial charge >= 0.3 is 12.1 Å². The fourth-order valence-electron chi connectivity index (χ4n) is 5.68. The second-order valence-electron chi connectivity index (χ2n) is 11.1. The van der Waals surface area contributed by atoms with E-state index >= 15 is 0 Å². The maximum absolute atomic E-state index is 13.7. The summed E-state index contributed by atoms with van der Waals surface area (Å²) >= 11 is 6.38. The van der Waals surface area contributed by atoms with Crippen molar-refractivity contribution in [1.29, 1.82) is 0 Å². The van der Waals surface area contributed by atoms with Gasteiger partial charge in [-0.2, -0.15) is 13.2 Å². The van der Waals surface area contributed by atoms with Crippen molar-refractivity contribution in [3.05, 3.63) is 137 Å². The zero-order chi connectivity index (χ0) is 32.0. The molecule has 0 radical (unpaired) electrons. The fourth-order valence-corrected chi connectivity index (χ4v) is 5.97. The Labute approximate surface area is 277 Å². The van der Waals surface area contributed by atoms with Gasteiger partial charge in [0.25, 0.3) is 0 Å². The number of rotatable bonds is 13. The van der Waals surface area contributed by atoms with Crippen LogP contribution in [0.4, 0.5) is 13.2 Å². The highest BCUT2D eigenvalue weighted by Crippen LogP contribution is 2.37. The molecule has 1 aromatic heterocycles. The van der Waals surface area contributed by atoms with E-state index in [1.807, 2.05) is 67.6 Å². The Morgan fingerprint density at radius 2 is 1.54 bits per heavy atom. The average Bonchev–Trinajstić information content (AvgIpc) is 3.43. The van der Waals surface area contributed by atoms with Crippen molar-refractivity contribution in [3.8, 4) is 5.75 Å². The number of carboxylic acids is 1. The number of alkyl halides is 3. The molecule has 0 aliphatic heterocycles. The predicted molar refractivity (Wildman–Crippen MR) is 178 cm³/mol. The molecule has 0 aliphatic carbocycles. The summed E-state index contributed by atoms with van der Waals surface area (Å²) in [6.07, 6.45) is -2.25. The molecule has 1 N–H and O–H groups in total. The van der Waals surface area contributed by atoms with Crippen molar-refractivity contribution in [2.75, 3.05) is 13.2 Å². The minimum Gasteiger partial charge on any atom is -0.493 e. The van der Waals surface area contributed by atoms with Gasteiger partial charge in [0.1, 0.15) is 12.3 Å². The number of aromatic nitrogens is 1. The monoisotopic (exact) mass is 670 g/mol. The minimum absolute atomic E-state index is 0. The number of fused-ring (bicyclic) bond motifs is 1. The molecule has 0 spiro atoms. The van der Waals surface area contributed by atoms with Gasteiger partial charge in [-0.05, 0) is 54.3 Å². The summed E-state index contributed by atoms with van der Waals surface area (Å²) < 4.78 is 49.1. The lowest BCUT2D eigenvalue weighted by Gasteiger charge is -2.34. The van der Waals surface area contributed by atoms with Gasteiger partial charge in [0.15, 0.2) is 0 Å². The highest BCUT2D eigenvalue weighted by atomic mass is 35.5. The van der Waals surface area contributed by atoms with Crippen molar-refractivity contribution in [2.45, 2.75) is 44.6 Å². The lowest BCUT2D eigenvalue weighted by molar-refractivity contribution is -0.138.